The Morgan fingerprint density at radius 1 is 1.26 bits per heavy atom. The molecule has 8 heteroatoms. The Morgan fingerprint density at radius 2 is 2.04 bits per heavy atom. The molecule has 0 saturated carbocycles. The highest BCUT2D eigenvalue weighted by Crippen LogP contribution is 2.14. The normalized spacial score (nSPS) is 16.5. The number of carbonyl (C=O) groups excluding carboxylic acids is 3. The third-order valence-electron chi connectivity index (χ3n) is 3.63. The van der Waals surface area contributed by atoms with Crippen LogP contribution in [0.25, 0.3) is 0 Å². The Hall–Kier alpha value is -2.61. The number of esters is 1. The number of hydrogen-bond acceptors (Lipinski definition) is 6. The average Bonchev–Trinajstić information content (AvgIpc) is 3.09. The van der Waals surface area contributed by atoms with E-state index in [9.17, 15) is 14.4 Å². The van der Waals surface area contributed by atoms with E-state index in [0.29, 0.717) is 18.8 Å². The lowest BCUT2D eigenvalue weighted by Crippen LogP contribution is -2.34. The van der Waals surface area contributed by atoms with E-state index in [4.69, 9.17) is 14.2 Å². The van der Waals surface area contributed by atoms with E-state index in [1.165, 1.54) is 12.1 Å². The van der Waals surface area contributed by atoms with Gasteiger partial charge in [-0.05, 0) is 51.8 Å². The van der Waals surface area contributed by atoms with Gasteiger partial charge in [0.25, 0.3) is 5.91 Å². The third-order valence-corrected chi connectivity index (χ3v) is 3.63. The number of anilines is 1. The van der Waals surface area contributed by atoms with Gasteiger partial charge in [0.05, 0.1) is 11.7 Å². The first-order valence-electron chi connectivity index (χ1n) is 8.88. The van der Waals surface area contributed by atoms with E-state index in [-0.39, 0.29) is 24.2 Å². The first-order chi connectivity index (χ1) is 12.7. The van der Waals surface area contributed by atoms with Crippen LogP contribution < -0.4 is 10.6 Å². The molecule has 1 heterocycles. The van der Waals surface area contributed by atoms with Gasteiger partial charge in [0.15, 0.2) is 6.61 Å². The summed E-state index contributed by atoms with van der Waals surface area (Å²) >= 11 is 0. The summed E-state index contributed by atoms with van der Waals surface area (Å²) in [6, 6.07) is 6.21. The molecule has 0 unspecified atom stereocenters. The molecule has 8 nitrogen and oxygen atoms in total. The Labute approximate surface area is 158 Å². The Morgan fingerprint density at radius 3 is 2.70 bits per heavy atom. The van der Waals surface area contributed by atoms with Crippen LogP contribution in [0.2, 0.25) is 0 Å². The molecular formula is C19H26N2O6. The van der Waals surface area contributed by atoms with Gasteiger partial charge in [-0.25, -0.2) is 9.59 Å². The lowest BCUT2D eigenvalue weighted by atomic mass is 10.2. The molecule has 0 aromatic heterocycles. The van der Waals surface area contributed by atoms with E-state index in [2.05, 4.69) is 10.6 Å². The molecule has 0 bridgehead atoms. The largest absolute Gasteiger partial charge is 0.452 e. The van der Waals surface area contributed by atoms with E-state index >= 15 is 0 Å². The van der Waals surface area contributed by atoms with Gasteiger partial charge in [0.2, 0.25) is 0 Å². The zero-order chi connectivity index (χ0) is 19.9. The van der Waals surface area contributed by atoms with Crippen molar-refractivity contribution in [2.75, 3.05) is 25.1 Å². The van der Waals surface area contributed by atoms with Crippen LogP contribution in [0.4, 0.5) is 10.5 Å². The number of ether oxygens (including phenoxy) is 3. The summed E-state index contributed by atoms with van der Waals surface area (Å²) in [6.07, 6.45) is 1.31. The Balaban J connectivity index is 1.80. The fourth-order valence-corrected chi connectivity index (χ4v) is 2.44. The molecule has 1 aliphatic heterocycles. The first-order valence-corrected chi connectivity index (χ1v) is 8.88. The van der Waals surface area contributed by atoms with E-state index < -0.39 is 17.7 Å². The van der Waals surface area contributed by atoms with Crippen LogP contribution in [0.5, 0.6) is 0 Å². The first kappa shape index (κ1) is 20.7. The van der Waals surface area contributed by atoms with Crippen LogP contribution in [0.15, 0.2) is 24.3 Å². The van der Waals surface area contributed by atoms with Crippen LogP contribution in [-0.4, -0.2) is 49.4 Å². The molecule has 0 radical (unpaired) electrons. The predicted octanol–water partition coefficient (Wildman–Crippen LogP) is 2.49. The second kappa shape index (κ2) is 9.36. The highest BCUT2D eigenvalue weighted by molar-refractivity contribution is 5.93. The topological polar surface area (TPSA) is 103 Å². The second-order valence-electron chi connectivity index (χ2n) is 7.22. The van der Waals surface area contributed by atoms with Gasteiger partial charge in [-0.1, -0.05) is 6.07 Å². The molecule has 148 valence electrons. The maximum atomic E-state index is 12.1. The molecule has 2 amide bonds. The van der Waals surface area contributed by atoms with E-state index in [1.54, 1.807) is 32.9 Å². The number of hydrogen-bond donors (Lipinski definition) is 2. The van der Waals surface area contributed by atoms with Crippen molar-refractivity contribution in [3.05, 3.63) is 29.8 Å². The molecule has 1 atom stereocenters. The number of carbonyl (C=O) groups is 3. The Bertz CT molecular complexity index is 677. The molecule has 1 saturated heterocycles. The van der Waals surface area contributed by atoms with Crippen molar-refractivity contribution in [3.8, 4) is 0 Å². The van der Waals surface area contributed by atoms with Crippen LogP contribution >= 0.6 is 0 Å². The van der Waals surface area contributed by atoms with Crippen molar-refractivity contribution in [2.24, 2.45) is 0 Å². The minimum Gasteiger partial charge on any atom is -0.452 e. The fourth-order valence-electron chi connectivity index (χ4n) is 2.44. The Kier molecular flexibility index (Phi) is 7.18. The lowest BCUT2D eigenvalue weighted by Gasteiger charge is -2.19. The number of nitrogens with one attached hydrogen (secondary N) is 2. The quantitative estimate of drug-likeness (QED) is 0.737. The summed E-state index contributed by atoms with van der Waals surface area (Å²) in [6.45, 7) is 6.00. The molecule has 2 N–H and O–H groups in total. The highest BCUT2D eigenvalue weighted by atomic mass is 16.6. The second-order valence-corrected chi connectivity index (χ2v) is 7.22. The molecule has 1 fully saturated rings. The van der Waals surface area contributed by atoms with Gasteiger partial charge >= 0.3 is 12.1 Å². The molecule has 1 aromatic carbocycles. The number of rotatable bonds is 6. The standard InChI is InChI=1S/C19H26N2O6/c1-19(2,3)27-18(24)21-14-7-4-6-13(10-14)17(23)26-12-16(22)20-11-15-8-5-9-25-15/h4,6-7,10,15H,5,8-9,11-12H2,1-3H3,(H,20,22)(H,21,24)/t15-/m1/s1. The number of amides is 2. The minimum absolute atomic E-state index is 0.0280. The van der Waals surface area contributed by atoms with Gasteiger partial charge < -0.3 is 19.5 Å². The van der Waals surface area contributed by atoms with Gasteiger partial charge in [0, 0.05) is 18.8 Å². The monoisotopic (exact) mass is 378 g/mol. The van der Waals surface area contributed by atoms with Crippen molar-refractivity contribution in [3.63, 3.8) is 0 Å². The van der Waals surface area contributed by atoms with Crippen LogP contribution in [-0.2, 0) is 19.0 Å². The van der Waals surface area contributed by atoms with Crippen LogP contribution in [0, 0.1) is 0 Å². The molecular weight excluding hydrogens is 352 g/mol. The molecule has 1 aliphatic rings. The van der Waals surface area contributed by atoms with Crippen molar-refractivity contribution in [2.45, 2.75) is 45.3 Å². The molecule has 0 aliphatic carbocycles. The summed E-state index contributed by atoms with van der Waals surface area (Å²) in [5.74, 6) is -1.04. The molecule has 27 heavy (non-hydrogen) atoms. The van der Waals surface area contributed by atoms with Gasteiger partial charge in [-0.2, -0.15) is 0 Å². The summed E-state index contributed by atoms with van der Waals surface area (Å²) in [5.41, 5.74) is -0.0191. The lowest BCUT2D eigenvalue weighted by molar-refractivity contribution is -0.124. The smallest absolute Gasteiger partial charge is 0.412 e. The highest BCUT2D eigenvalue weighted by Gasteiger charge is 2.18. The zero-order valence-electron chi connectivity index (χ0n) is 15.9. The minimum atomic E-state index is -0.657. The summed E-state index contributed by atoms with van der Waals surface area (Å²) in [5, 5.41) is 5.22. The molecule has 1 aromatic rings. The molecule has 0 spiro atoms. The zero-order valence-corrected chi connectivity index (χ0v) is 15.9. The number of benzene rings is 1. The van der Waals surface area contributed by atoms with Gasteiger partial charge in [0.1, 0.15) is 5.60 Å². The summed E-state index contributed by atoms with van der Waals surface area (Å²) in [4.78, 5) is 35.7. The SMILES string of the molecule is CC(C)(C)OC(=O)Nc1cccc(C(=O)OCC(=O)NC[C@H]2CCCO2)c1. The summed E-state index contributed by atoms with van der Waals surface area (Å²) in [7, 11) is 0. The van der Waals surface area contributed by atoms with Gasteiger partial charge in [-0.15, -0.1) is 0 Å². The maximum absolute atomic E-state index is 12.1. The fraction of sp³-hybridized carbons (Fsp3) is 0.526. The van der Waals surface area contributed by atoms with E-state index in [0.717, 1.165) is 12.8 Å². The van der Waals surface area contributed by atoms with Crippen molar-refractivity contribution in [1.29, 1.82) is 0 Å². The summed E-state index contributed by atoms with van der Waals surface area (Å²) < 4.78 is 15.6. The van der Waals surface area contributed by atoms with Crippen molar-refractivity contribution < 1.29 is 28.6 Å². The van der Waals surface area contributed by atoms with Gasteiger partial charge in [-0.3, -0.25) is 10.1 Å². The van der Waals surface area contributed by atoms with Crippen LogP contribution in [0.1, 0.15) is 44.0 Å². The average molecular weight is 378 g/mol. The van der Waals surface area contributed by atoms with Crippen molar-refractivity contribution >= 4 is 23.7 Å². The maximum Gasteiger partial charge on any atom is 0.412 e. The van der Waals surface area contributed by atoms with Crippen molar-refractivity contribution in [1.82, 2.24) is 5.32 Å². The molecule has 2 rings (SSSR count). The predicted molar refractivity (Wildman–Crippen MR) is 98.6 cm³/mol. The van der Waals surface area contributed by atoms with Crippen LogP contribution in [0.3, 0.4) is 0 Å². The third kappa shape index (κ3) is 7.65. The van der Waals surface area contributed by atoms with E-state index in [1.807, 2.05) is 0 Å².